The minimum Gasteiger partial charge on any atom is -0.404 e. The van der Waals surface area contributed by atoms with E-state index in [0.717, 1.165) is 16.8 Å². The molecule has 1 heterocycles. The number of ether oxygens (including phenoxy) is 1. The number of aromatic nitrogens is 2. The van der Waals surface area contributed by atoms with Crippen molar-refractivity contribution in [2.75, 3.05) is 5.32 Å². The Bertz CT molecular complexity index is 923. The molecule has 1 aromatic heterocycles. The smallest absolute Gasteiger partial charge is 0.404 e. The summed E-state index contributed by atoms with van der Waals surface area (Å²) in [6.07, 6.45) is -7.92. The first-order valence-corrected chi connectivity index (χ1v) is 8.83. The molecule has 3 rings (SSSR count). The quantitative estimate of drug-likeness (QED) is 0.681. The maximum atomic E-state index is 13.2. The largest absolute Gasteiger partial charge is 0.573 e. The molecule has 1 aromatic carbocycles. The van der Waals surface area contributed by atoms with Crippen molar-refractivity contribution in [3.8, 4) is 5.75 Å². The fourth-order valence-corrected chi connectivity index (χ4v) is 3.33. The minimum atomic E-state index is -5.02. The number of carbonyl (C=O) groups excluding carboxylic acids is 1. The van der Waals surface area contributed by atoms with Crippen LogP contribution in [-0.4, -0.2) is 22.1 Å². The summed E-state index contributed by atoms with van der Waals surface area (Å²) in [5.41, 5.74) is -0.993. The van der Waals surface area contributed by atoms with E-state index in [1.807, 2.05) is 0 Å². The molecule has 0 bridgehead atoms. The molecule has 5 nitrogen and oxygen atoms in total. The van der Waals surface area contributed by atoms with Crippen molar-refractivity contribution < 1.29 is 35.9 Å². The van der Waals surface area contributed by atoms with Crippen molar-refractivity contribution in [2.24, 2.45) is 0 Å². The number of alkyl halides is 6. The van der Waals surface area contributed by atoms with E-state index in [4.69, 9.17) is 11.6 Å². The number of anilines is 1. The fraction of sp³-hybridized carbons (Fsp3) is 0.412. The van der Waals surface area contributed by atoms with E-state index in [1.165, 1.54) is 6.07 Å². The molecule has 0 saturated carbocycles. The van der Waals surface area contributed by atoms with Crippen LogP contribution in [0.25, 0.3) is 0 Å². The molecule has 0 spiro atoms. The molecule has 0 fully saturated rings. The van der Waals surface area contributed by atoms with Gasteiger partial charge in [-0.2, -0.15) is 18.3 Å². The number of amides is 1. The van der Waals surface area contributed by atoms with Gasteiger partial charge in [-0.15, -0.1) is 13.2 Å². The van der Waals surface area contributed by atoms with Gasteiger partial charge in [0.25, 0.3) is 0 Å². The Morgan fingerprint density at radius 3 is 2.52 bits per heavy atom. The standard InChI is InChI=1S/C17H14ClF6N3O2/c18-9-5-6-11(13(7-9)29-17(22,23)24)25-14(28)8-27-12-4-2-1-3-10(12)15(26-27)16(19,20)21/h5-7H,1-4,8H2,(H,25,28). The summed E-state index contributed by atoms with van der Waals surface area (Å²) in [6, 6.07) is 3.20. The zero-order chi connectivity index (χ0) is 21.4. The summed E-state index contributed by atoms with van der Waals surface area (Å²) < 4.78 is 82.0. The van der Waals surface area contributed by atoms with E-state index in [1.54, 1.807) is 0 Å². The van der Waals surface area contributed by atoms with Crippen LogP contribution in [0.15, 0.2) is 18.2 Å². The first-order valence-electron chi connectivity index (χ1n) is 8.45. The van der Waals surface area contributed by atoms with Crippen LogP contribution in [0.4, 0.5) is 32.0 Å². The Morgan fingerprint density at radius 1 is 1.17 bits per heavy atom. The molecule has 0 atom stereocenters. The van der Waals surface area contributed by atoms with Crippen LogP contribution in [0.3, 0.4) is 0 Å². The minimum absolute atomic E-state index is 0.0572. The van der Waals surface area contributed by atoms with Gasteiger partial charge in [0.15, 0.2) is 11.4 Å². The maximum absolute atomic E-state index is 13.2. The van der Waals surface area contributed by atoms with Crippen molar-refractivity contribution in [1.29, 1.82) is 0 Å². The molecule has 1 amide bonds. The average molecular weight is 442 g/mol. The summed E-state index contributed by atoms with van der Waals surface area (Å²) in [7, 11) is 0. The summed E-state index contributed by atoms with van der Waals surface area (Å²) in [4.78, 5) is 12.3. The van der Waals surface area contributed by atoms with E-state index < -0.39 is 36.4 Å². The third-order valence-corrected chi connectivity index (χ3v) is 4.50. The molecular formula is C17H14ClF6N3O2. The number of nitrogens with zero attached hydrogens (tertiary/aromatic N) is 2. The Morgan fingerprint density at radius 2 is 1.86 bits per heavy atom. The molecule has 0 aliphatic heterocycles. The highest BCUT2D eigenvalue weighted by atomic mass is 35.5. The lowest BCUT2D eigenvalue weighted by atomic mass is 9.95. The zero-order valence-corrected chi connectivity index (χ0v) is 15.4. The SMILES string of the molecule is O=C(Cn1nc(C(F)(F)F)c2c1CCCC2)Nc1ccc(Cl)cc1OC(F)(F)F. The Kier molecular flexibility index (Phi) is 5.70. The molecule has 0 unspecified atom stereocenters. The number of nitrogens with one attached hydrogen (secondary N) is 1. The summed E-state index contributed by atoms with van der Waals surface area (Å²) in [5.74, 6) is -1.60. The number of hydrogen-bond acceptors (Lipinski definition) is 3. The predicted octanol–water partition coefficient (Wildman–Crippen LogP) is 4.97. The van der Waals surface area contributed by atoms with Gasteiger partial charge in [-0.1, -0.05) is 11.6 Å². The number of hydrogen-bond donors (Lipinski definition) is 1. The van der Waals surface area contributed by atoms with Crippen LogP contribution >= 0.6 is 11.6 Å². The van der Waals surface area contributed by atoms with Crippen LogP contribution in [0, 0.1) is 0 Å². The first kappa shape index (κ1) is 21.3. The number of halogens is 7. The van der Waals surface area contributed by atoms with Gasteiger partial charge in [-0.3, -0.25) is 9.48 Å². The van der Waals surface area contributed by atoms with Crippen molar-refractivity contribution in [2.45, 2.75) is 44.8 Å². The van der Waals surface area contributed by atoms with Crippen LogP contribution in [-0.2, 0) is 30.4 Å². The van der Waals surface area contributed by atoms with E-state index in [2.05, 4.69) is 15.2 Å². The van der Waals surface area contributed by atoms with Crippen molar-refractivity contribution in [1.82, 2.24) is 9.78 Å². The number of rotatable bonds is 4. The van der Waals surface area contributed by atoms with Crippen molar-refractivity contribution in [3.63, 3.8) is 0 Å². The van der Waals surface area contributed by atoms with Crippen LogP contribution in [0.1, 0.15) is 29.8 Å². The molecule has 2 aromatic rings. The van der Waals surface area contributed by atoms with Gasteiger partial charge in [0, 0.05) is 22.3 Å². The maximum Gasteiger partial charge on any atom is 0.573 e. The molecule has 29 heavy (non-hydrogen) atoms. The van der Waals surface area contributed by atoms with Gasteiger partial charge in [0.05, 0.1) is 5.69 Å². The van der Waals surface area contributed by atoms with E-state index >= 15 is 0 Å². The highest BCUT2D eigenvalue weighted by Crippen LogP contribution is 2.36. The lowest BCUT2D eigenvalue weighted by Crippen LogP contribution is -2.23. The highest BCUT2D eigenvalue weighted by molar-refractivity contribution is 6.30. The van der Waals surface area contributed by atoms with Crippen LogP contribution in [0.5, 0.6) is 5.75 Å². The summed E-state index contributed by atoms with van der Waals surface area (Å²) in [6.45, 7) is -0.591. The molecule has 1 aliphatic carbocycles. The second-order valence-corrected chi connectivity index (χ2v) is 6.81. The topological polar surface area (TPSA) is 56.2 Å². The monoisotopic (exact) mass is 441 g/mol. The van der Waals surface area contributed by atoms with Crippen molar-refractivity contribution in [3.05, 3.63) is 40.2 Å². The third kappa shape index (κ3) is 5.14. The van der Waals surface area contributed by atoms with E-state index in [0.29, 0.717) is 25.0 Å². The number of benzene rings is 1. The van der Waals surface area contributed by atoms with Gasteiger partial charge < -0.3 is 10.1 Å². The van der Waals surface area contributed by atoms with E-state index in [9.17, 15) is 31.1 Å². The first-order chi connectivity index (χ1) is 13.4. The second-order valence-electron chi connectivity index (χ2n) is 6.37. The summed E-state index contributed by atoms with van der Waals surface area (Å²) >= 11 is 5.66. The second kappa shape index (κ2) is 7.77. The molecule has 12 heteroatoms. The highest BCUT2D eigenvalue weighted by Gasteiger charge is 2.39. The lowest BCUT2D eigenvalue weighted by molar-refractivity contribution is -0.274. The van der Waals surface area contributed by atoms with Gasteiger partial charge in [-0.05, 0) is 37.8 Å². The predicted molar refractivity (Wildman–Crippen MR) is 90.6 cm³/mol. The fourth-order valence-electron chi connectivity index (χ4n) is 3.16. The van der Waals surface area contributed by atoms with Gasteiger partial charge >= 0.3 is 12.5 Å². The molecular weight excluding hydrogens is 428 g/mol. The Balaban J connectivity index is 1.83. The molecule has 0 radical (unpaired) electrons. The van der Waals surface area contributed by atoms with Crippen molar-refractivity contribution >= 4 is 23.2 Å². The van der Waals surface area contributed by atoms with Gasteiger partial charge in [-0.25, -0.2) is 0 Å². The number of fused-ring (bicyclic) bond motifs is 1. The third-order valence-electron chi connectivity index (χ3n) is 4.26. The Hall–Kier alpha value is -2.43. The zero-order valence-electron chi connectivity index (χ0n) is 14.6. The summed E-state index contributed by atoms with van der Waals surface area (Å²) in [5, 5.41) is 5.68. The van der Waals surface area contributed by atoms with Crippen LogP contribution < -0.4 is 10.1 Å². The van der Waals surface area contributed by atoms with Crippen LogP contribution in [0.2, 0.25) is 5.02 Å². The Labute approximate surface area is 165 Å². The number of carbonyl (C=O) groups is 1. The normalized spacial score (nSPS) is 14.4. The molecule has 1 N–H and O–H groups in total. The van der Waals surface area contributed by atoms with E-state index in [-0.39, 0.29) is 22.7 Å². The molecule has 0 saturated heterocycles. The molecule has 1 aliphatic rings. The molecule has 158 valence electrons. The van der Waals surface area contributed by atoms with Gasteiger partial charge in [0.2, 0.25) is 5.91 Å². The van der Waals surface area contributed by atoms with Gasteiger partial charge in [0.1, 0.15) is 6.54 Å². The average Bonchev–Trinajstić information content (AvgIpc) is 2.95. The lowest BCUT2D eigenvalue weighted by Gasteiger charge is -2.16.